The number of hydrogen-bond acceptors (Lipinski definition) is 9. The zero-order valence-corrected chi connectivity index (χ0v) is 20.9. The summed E-state index contributed by atoms with van der Waals surface area (Å²) in [4.78, 5) is 40.6. The van der Waals surface area contributed by atoms with Crippen molar-refractivity contribution in [3.63, 3.8) is 0 Å². The molecule has 2 aliphatic heterocycles. The van der Waals surface area contributed by atoms with Crippen molar-refractivity contribution in [2.24, 2.45) is 0 Å². The van der Waals surface area contributed by atoms with Crippen LogP contribution < -0.4 is 5.73 Å². The number of aromatic nitrogens is 4. The van der Waals surface area contributed by atoms with Crippen molar-refractivity contribution in [3.8, 4) is 11.1 Å². The fourth-order valence-corrected chi connectivity index (χ4v) is 5.10. The summed E-state index contributed by atoms with van der Waals surface area (Å²) in [6, 6.07) is 17.5. The first-order valence-corrected chi connectivity index (χ1v) is 12.6. The summed E-state index contributed by atoms with van der Waals surface area (Å²) in [6.07, 6.45) is -1.46. The van der Waals surface area contributed by atoms with E-state index in [9.17, 15) is 19.8 Å². The normalized spacial score (nSPS) is 23.3. The second-order valence-corrected chi connectivity index (χ2v) is 9.66. The Balaban J connectivity index is 1.08. The molecule has 4 atom stereocenters. The number of carbonyl (C=O) groups is 2. The van der Waals surface area contributed by atoms with Crippen LogP contribution in [0.5, 0.6) is 0 Å². The molecule has 0 saturated carbocycles. The monoisotopic (exact) mass is 529 g/mol. The van der Waals surface area contributed by atoms with Crippen LogP contribution in [0.4, 0.5) is 10.6 Å². The second kappa shape index (κ2) is 10.1. The van der Waals surface area contributed by atoms with Gasteiger partial charge >= 0.3 is 6.03 Å². The maximum Gasteiger partial charge on any atom is 0.327 e. The van der Waals surface area contributed by atoms with Crippen LogP contribution in [0.25, 0.3) is 22.3 Å². The second-order valence-electron chi connectivity index (χ2n) is 9.66. The molecule has 0 spiro atoms. The summed E-state index contributed by atoms with van der Waals surface area (Å²) in [5.41, 5.74) is 9.64. The molecular formula is C27H27N7O5. The molecule has 2 saturated heterocycles. The van der Waals surface area contributed by atoms with Crippen LogP contribution in [0.3, 0.4) is 0 Å². The summed E-state index contributed by atoms with van der Waals surface area (Å²) in [6.45, 7) is 0.320. The topological polar surface area (TPSA) is 160 Å². The minimum atomic E-state index is -1.27. The molecule has 0 aliphatic carbocycles. The molecule has 200 valence electrons. The molecule has 6 rings (SSSR count). The molecule has 39 heavy (non-hydrogen) atoms. The summed E-state index contributed by atoms with van der Waals surface area (Å²) >= 11 is 0. The number of imidazole rings is 1. The highest BCUT2D eigenvalue weighted by molar-refractivity contribution is 6.01. The summed E-state index contributed by atoms with van der Waals surface area (Å²) in [7, 11) is 0. The number of aliphatic hydroxyl groups excluding tert-OH is 2. The molecule has 1 unspecified atom stereocenters. The number of imide groups is 1. The van der Waals surface area contributed by atoms with Gasteiger partial charge in [0.2, 0.25) is 5.91 Å². The predicted molar refractivity (Wildman–Crippen MR) is 140 cm³/mol. The summed E-state index contributed by atoms with van der Waals surface area (Å²) in [5, 5.41) is 21.3. The maximum atomic E-state index is 13.0. The van der Waals surface area contributed by atoms with E-state index in [1.54, 1.807) is 0 Å². The Hall–Kier alpha value is -4.39. The molecule has 12 nitrogen and oxygen atoms in total. The van der Waals surface area contributed by atoms with Gasteiger partial charge in [0, 0.05) is 13.1 Å². The number of nitrogens with two attached hydrogens (primary N) is 1. The Morgan fingerprint density at radius 3 is 2.46 bits per heavy atom. The average Bonchev–Trinajstić information content (AvgIpc) is 3.58. The molecule has 0 radical (unpaired) electrons. The van der Waals surface area contributed by atoms with E-state index in [4.69, 9.17) is 10.5 Å². The first kappa shape index (κ1) is 24.9. The van der Waals surface area contributed by atoms with E-state index in [1.807, 2.05) is 54.6 Å². The van der Waals surface area contributed by atoms with Crippen molar-refractivity contribution >= 4 is 28.9 Å². The molecule has 4 heterocycles. The number of carbonyl (C=O) groups excluding carboxylic acids is 2. The number of fused-ring (bicyclic) bond motifs is 1. The highest BCUT2D eigenvalue weighted by Crippen LogP contribution is 2.33. The Bertz CT molecular complexity index is 1510. The van der Waals surface area contributed by atoms with Gasteiger partial charge in [0.25, 0.3) is 0 Å². The molecule has 2 fully saturated rings. The van der Waals surface area contributed by atoms with E-state index >= 15 is 0 Å². The minimum absolute atomic E-state index is 0.0270. The number of urea groups is 1. The fraction of sp³-hybridized carbons (Fsp3) is 0.296. The van der Waals surface area contributed by atoms with Gasteiger partial charge in [0.05, 0.1) is 12.4 Å². The first-order chi connectivity index (χ1) is 18.9. The lowest BCUT2D eigenvalue weighted by molar-refractivity contribution is -0.125. The molecule has 12 heteroatoms. The number of ether oxygens (including phenoxy) is 1. The van der Waals surface area contributed by atoms with Crippen molar-refractivity contribution in [1.82, 2.24) is 29.3 Å². The predicted octanol–water partition coefficient (Wildman–Crippen LogP) is 1.55. The van der Waals surface area contributed by atoms with E-state index in [1.165, 1.54) is 22.1 Å². The molecule has 2 aromatic carbocycles. The first-order valence-electron chi connectivity index (χ1n) is 12.6. The maximum absolute atomic E-state index is 13.0. The Morgan fingerprint density at radius 2 is 1.69 bits per heavy atom. The van der Waals surface area contributed by atoms with Crippen LogP contribution in [-0.4, -0.2) is 82.9 Å². The van der Waals surface area contributed by atoms with Gasteiger partial charge in [-0.3, -0.25) is 14.3 Å². The third-order valence-corrected chi connectivity index (χ3v) is 7.20. The SMILES string of the molecule is Nc1ncnc2c1ncn2[C@@H]1O[C@H](CCN2C(=O)CN(Cc3ccc(-c4ccccc4)cc3)C2=O)C(O)[C@H]1O. The lowest BCUT2D eigenvalue weighted by Crippen LogP contribution is -2.37. The van der Waals surface area contributed by atoms with E-state index in [2.05, 4.69) is 15.0 Å². The smallest absolute Gasteiger partial charge is 0.327 e. The van der Waals surface area contributed by atoms with Gasteiger partial charge in [-0.05, 0) is 23.1 Å². The van der Waals surface area contributed by atoms with Gasteiger partial charge in [-0.2, -0.15) is 0 Å². The number of hydrogen-bond donors (Lipinski definition) is 3. The zero-order valence-electron chi connectivity index (χ0n) is 20.9. The van der Waals surface area contributed by atoms with Crippen LogP contribution in [0.2, 0.25) is 0 Å². The molecule has 0 bridgehead atoms. The molecule has 4 aromatic rings. The fourth-order valence-electron chi connectivity index (χ4n) is 5.10. The van der Waals surface area contributed by atoms with Gasteiger partial charge in [-0.25, -0.2) is 19.7 Å². The van der Waals surface area contributed by atoms with Gasteiger partial charge in [0.15, 0.2) is 17.7 Å². The van der Waals surface area contributed by atoms with Gasteiger partial charge in [-0.1, -0.05) is 54.6 Å². The number of anilines is 1. The van der Waals surface area contributed by atoms with E-state index < -0.39 is 30.6 Å². The quantitative estimate of drug-likeness (QED) is 0.302. The van der Waals surface area contributed by atoms with Crippen LogP contribution >= 0.6 is 0 Å². The van der Waals surface area contributed by atoms with Crippen molar-refractivity contribution < 1.29 is 24.5 Å². The lowest BCUT2D eigenvalue weighted by atomic mass is 10.0. The molecule has 2 aromatic heterocycles. The van der Waals surface area contributed by atoms with Gasteiger partial charge < -0.3 is 25.6 Å². The number of amides is 3. The van der Waals surface area contributed by atoms with E-state index in [0.29, 0.717) is 17.7 Å². The molecule has 4 N–H and O–H groups in total. The summed E-state index contributed by atoms with van der Waals surface area (Å²) < 4.78 is 7.42. The number of nitrogens with zero attached hydrogens (tertiary/aromatic N) is 6. The molecular weight excluding hydrogens is 502 g/mol. The Morgan fingerprint density at radius 1 is 0.949 bits per heavy atom. The van der Waals surface area contributed by atoms with Crippen molar-refractivity contribution in [1.29, 1.82) is 0 Å². The van der Waals surface area contributed by atoms with Crippen molar-refractivity contribution in [3.05, 3.63) is 72.8 Å². The number of rotatable bonds is 7. The summed E-state index contributed by atoms with van der Waals surface area (Å²) in [5.74, 6) is -0.135. The minimum Gasteiger partial charge on any atom is -0.388 e. The van der Waals surface area contributed by atoms with Crippen LogP contribution in [0.15, 0.2) is 67.3 Å². The van der Waals surface area contributed by atoms with Crippen LogP contribution in [0, 0.1) is 0 Å². The standard InChI is InChI=1S/C27H27N7O5/c28-24-21-25(30-14-29-24)34(15-31-21)26-23(37)22(36)19(39-26)10-11-33-20(35)13-32(27(33)38)12-16-6-8-18(9-7-16)17-4-2-1-3-5-17/h1-9,14-15,19,22-23,26,36-37H,10-13H2,(H2,28,29,30)/t19-,22?,23-,26-/m1/s1. The third-order valence-electron chi connectivity index (χ3n) is 7.20. The average molecular weight is 530 g/mol. The van der Waals surface area contributed by atoms with Crippen molar-refractivity contribution in [2.75, 3.05) is 18.8 Å². The lowest BCUT2D eigenvalue weighted by Gasteiger charge is -2.20. The number of nitrogen functional groups attached to an aromatic ring is 1. The Labute approximate surface area is 223 Å². The highest BCUT2D eigenvalue weighted by Gasteiger charge is 2.45. The number of benzene rings is 2. The van der Waals surface area contributed by atoms with E-state index in [-0.39, 0.29) is 31.2 Å². The van der Waals surface area contributed by atoms with Crippen LogP contribution in [0.1, 0.15) is 18.2 Å². The Kier molecular flexibility index (Phi) is 6.43. The van der Waals surface area contributed by atoms with Gasteiger partial charge in [0.1, 0.15) is 30.6 Å². The zero-order chi connectivity index (χ0) is 27.1. The van der Waals surface area contributed by atoms with E-state index in [0.717, 1.165) is 21.6 Å². The largest absolute Gasteiger partial charge is 0.388 e. The van der Waals surface area contributed by atoms with Crippen LogP contribution in [-0.2, 0) is 16.1 Å². The van der Waals surface area contributed by atoms with Crippen molar-refractivity contribution in [2.45, 2.75) is 37.5 Å². The van der Waals surface area contributed by atoms with Gasteiger partial charge in [-0.15, -0.1) is 0 Å². The highest BCUT2D eigenvalue weighted by atomic mass is 16.6. The molecule has 3 amide bonds. The molecule has 2 aliphatic rings. The third kappa shape index (κ3) is 4.58. The number of aliphatic hydroxyl groups is 2.